The number of pyridine rings is 1. The minimum atomic E-state index is 0.986. The van der Waals surface area contributed by atoms with E-state index < -0.39 is 0 Å². The summed E-state index contributed by atoms with van der Waals surface area (Å²) in [6.45, 7) is 3.19. The second kappa shape index (κ2) is 5.97. The highest BCUT2D eigenvalue weighted by Gasteiger charge is 2.08. The molecule has 118 valence electrons. The molecule has 2 aromatic heterocycles. The second-order valence-electron chi connectivity index (χ2n) is 6.17. The van der Waals surface area contributed by atoms with Crippen LogP contribution in [-0.2, 0) is 13.6 Å². The number of hydrogen-bond acceptors (Lipinski definition) is 0. The summed E-state index contributed by atoms with van der Waals surface area (Å²) in [4.78, 5) is 0. The van der Waals surface area contributed by atoms with Crippen molar-refractivity contribution in [3.05, 3.63) is 78.1 Å². The maximum absolute atomic E-state index is 2.38. The lowest BCUT2D eigenvalue weighted by Gasteiger charge is -2.02. The molecule has 24 heavy (non-hydrogen) atoms. The Labute approximate surface area is 142 Å². The monoisotopic (exact) mass is 313 g/mol. The van der Waals surface area contributed by atoms with Crippen molar-refractivity contribution in [2.45, 2.75) is 13.5 Å². The van der Waals surface area contributed by atoms with E-state index in [0.717, 1.165) is 6.54 Å². The van der Waals surface area contributed by atoms with Gasteiger partial charge in [-0.25, -0.2) is 4.57 Å². The van der Waals surface area contributed by atoms with Gasteiger partial charge in [0.25, 0.3) is 0 Å². The molecule has 0 saturated carbocycles. The fraction of sp³-hybridized carbons (Fsp3) is 0.136. The van der Waals surface area contributed by atoms with E-state index >= 15 is 0 Å². The second-order valence-corrected chi connectivity index (χ2v) is 6.17. The zero-order valence-corrected chi connectivity index (χ0v) is 14.1. The summed E-state index contributed by atoms with van der Waals surface area (Å²) in [7, 11) is 2.03. The Hall–Kier alpha value is -2.87. The molecule has 0 unspecified atom stereocenters. The van der Waals surface area contributed by atoms with Gasteiger partial charge in [0.2, 0.25) is 0 Å². The van der Waals surface area contributed by atoms with E-state index in [-0.39, 0.29) is 0 Å². The Morgan fingerprint density at radius 1 is 0.833 bits per heavy atom. The topological polar surface area (TPSA) is 8.81 Å². The third-order valence-electron chi connectivity index (χ3n) is 4.59. The van der Waals surface area contributed by atoms with Gasteiger partial charge >= 0.3 is 0 Å². The first-order chi connectivity index (χ1) is 11.8. The molecule has 0 amide bonds. The van der Waals surface area contributed by atoms with Gasteiger partial charge in [-0.15, -0.1) is 0 Å². The molecule has 2 heterocycles. The van der Waals surface area contributed by atoms with Crippen molar-refractivity contribution in [2.24, 2.45) is 7.05 Å². The molecule has 0 saturated heterocycles. The van der Waals surface area contributed by atoms with Crippen LogP contribution < -0.4 is 4.57 Å². The summed E-state index contributed by atoms with van der Waals surface area (Å²) >= 11 is 0. The third-order valence-corrected chi connectivity index (χ3v) is 4.59. The van der Waals surface area contributed by atoms with Gasteiger partial charge in [0, 0.05) is 40.5 Å². The molecule has 4 rings (SSSR count). The van der Waals surface area contributed by atoms with Crippen LogP contribution in [-0.4, -0.2) is 4.57 Å². The fourth-order valence-electron chi connectivity index (χ4n) is 3.33. The van der Waals surface area contributed by atoms with Crippen LogP contribution in [0.4, 0.5) is 0 Å². The minimum Gasteiger partial charge on any atom is -0.341 e. The summed E-state index contributed by atoms with van der Waals surface area (Å²) in [5, 5.41) is 2.66. The first-order valence-electron chi connectivity index (χ1n) is 8.40. The first kappa shape index (κ1) is 14.7. The SMILES string of the molecule is CCn1c2ccccc2c2cc(/C=C/c3cc[n+](C)cc3)ccc21. The fourth-order valence-corrected chi connectivity index (χ4v) is 3.33. The quantitative estimate of drug-likeness (QED) is 0.480. The van der Waals surface area contributed by atoms with Crippen molar-refractivity contribution in [3.8, 4) is 0 Å². The smallest absolute Gasteiger partial charge is 0.169 e. The van der Waals surface area contributed by atoms with E-state index in [4.69, 9.17) is 0 Å². The number of nitrogens with zero attached hydrogens (tertiary/aromatic N) is 2. The standard InChI is InChI=1S/C22H21N2/c1-3-24-21-7-5-4-6-19(21)20-16-18(10-11-22(20)24)9-8-17-12-14-23(2)15-13-17/h4-16H,3H2,1-2H3/q+1. The Balaban J connectivity index is 1.80. The predicted octanol–water partition coefficient (Wildman–Crippen LogP) is 4.81. The molecule has 0 spiro atoms. The van der Waals surface area contributed by atoms with Gasteiger partial charge in [-0.3, -0.25) is 0 Å². The highest BCUT2D eigenvalue weighted by atomic mass is 15.0. The van der Waals surface area contributed by atoms with Gasteiger partial charge < -0.3 is 4.57 Å². The maximum Gasteiger partial charge on any atom is 0.169 e. The van der Waals surface area contributed by atoms with E-state index in [1.165, 1.54) is 32.9 Å². The Kier molecular flexibility index (Phi) is 3.66. The maximum atomic E-state index is 2.38. The van der Waals surface area contributed by atoms with E-state index in [9.17, 15) is 0 Å². The van der Waals surface area contributed by atoms with Crippen LogP contribution in [0.2, 0.25) is 0 Å². The number of benzene rings is 2. The number of hydrogen-bond donors (Lipinski definition) is 0. The van der Waals surface area contributed by atoms with Gasteiger partial charge in [0.05, 0.1) is 0 Å². The van der Waals surface area contributed by atoms with E-state index in [2.05, 4.69) is 90.6 Å². The molecular formula is C22H21N2+. The number of para-hydroxylation sites is 1. The molecule has 0 atom stereocenters. The Morgan fingerprint density at radius 2 is 1.54 bits per heavy atom. The van der Waals surface area contributed by atoms with E-state index in [1.807, 2.05) is 11.6 Å². The zero-order chi connectivity index (χ0) is 16.5. The number of rotatable bonds is 3. The molecule has 2 nitrogen and oxygen atoms in total. The first-order valence-corrected chi connectivity index (χ1v) is 8.40. The zero-order valence-electron chi connectivity index (χ0n) is 14.1. The normalized spacial score (nSPS) is 11.8. The van der Waals surface area contributed by atoms with Crippen molar-refractivity contribution < 1.29 is 4.57 Å². The summed E-state index contributed by atoms with van der Waals surface area (Å²) in [6, 6.07) is 19.6. The molecule has 0 aliphatic rings. The van der Waals surface area contributed by atoms with Crippen molar-refractivity contribution in [1.82, 2.24) is 4.57 Å². The number of aromatic nitrogens is 2. The van der Waals surface area contributed by atoms with Crippen LogP contribution in [0.1, 0.15) is 18.1 Å². The summed E-state index contributed by atoms with van der Waals surface area (Å²) in [5.74, 6) is 0. The van der Waals surface area contributed by atoms with Gasteiger partial charge in [0.15, 0.2) is 12.4 Å². The predicted molar refractivity (Wildman–Crippen MR) is 102 cm³/mol. The number of fused-ring (bicyclic) bond motifs is 3. The molecule has 2 heteroatoms. The lowest BCUT2D eigenvalue weighted by molar-refractivity contribution is -0.671. The van der Waals surface area contributed by atoms with Gasteiger partial charge in [-0.1, -0.05) is 36.4 Å². The van der Waals surface area contributed by atoms with E-state index in [0.29, 0.717) is 0 Å². The summed E-state index contributed by atoms with van der Waals surface area (Å²) in [6.07, 6.45) is 8.49. The summed E-state index contributed by atoms with van der Waals surface area (Å²) < 4.78 is 4.43. The lowest BCUT2D eigenvalue weighted by atomic mass is 10.1. The average Bonchev–Trinajstić information content (AvgIpc) is 2.94. The van der Waals surface area contributed by atoms with Crippen LogP contribution in [0.15, 0.2) is 67.0 Å². The molecule has 4 aromatic rings. The molecule has 0 aliphatic carbocycles. The summed E-state index contributed by atoms with van der Waals surface area (Å²) in [5.41, 5.74) is 5.06. The van der Waals surface area contributed by atoms with Crippen molar-refractivity contribution >= 4 is 34.0 Å². The van der Waals surface area contributed by atoms with Crippen LogP contribution in [0.3, 0.4) is 0 Å². The van der Waals surface area contributed by atoms with Gasteiger partial charge in [-0.05, 0) is 36.2 Å². The molecule has 0 radical (unpaired) electrons. The molecule has 0 fully saturated rings. The molecular weight excluding hydrogens is 292 g/mol. The van der Waals surface area contributed by atoms with Gasteiger partial charge in [0.1, 0.15) is 7.05 Å². The average molecular weight is 313 g/mol. The minimum absolute atomic E-state index is 0.986. The van der Waals surface area contributed by atoms with Crippen LogP contribution in [0.5, 0.6) is 0 Å². The molecule has 0 bridgehead atoms. The van der Waals surface area contributed by atoms with E-state index in [1.54, 1.807) is 0 Å². The molecule has 0 aliphatic heterocycles. The largest absolute Gasteiger partial charge is 0.341 e. The molecule has 2 aromatic carbocycles. The van der Waals surface area contributed by atoms with Crippen LogP contribution in [0.25, 0.3) is 34.0 Å². The Bertz CT molecular complexity index is 1040. The number of aryl methyl sites for hydroxylation is 2. The van der Waals surface area contributed by atoms with Crippen LogP contribution >= 0.6 is 0 Å². The lowest BCUT2D eigenvalue weighted by Crippen LogP contribution is -2.25. The van der Waals surface area contributed by atoms with Crippen LogP contribution in [0, 0.1) is 0 Å². The van der Waals surface area contributed by atoms with Crippen molar-refractivity contribution in [3.63, 3.8) is 0 Å². The highest BCUT2D eigenvalue weighted by molar-refractivity contribution is 6.08. The highest BCUT2D eigenvalue weighted by Crippen LogP contribution is 2.30. The third kappa shape index (κ3) is 2.50. The molecule has 0 N–H and O–H groups in total. The Morgan fingerprint density at radius 3 is 2.33 bits per heavy atom. The van der Waals surface area contributed by atoms with Gasteiger partial charge in [-0.2, -0.15) is 0 Å². The van der Waals surface area contributed by atoms with Crippen molar-refractivity contribution in [1.29, 1.82) is 0 Å². The van der Waals surface area contributed by atoms with Crippen molar-refractivity contribution in [2.75, 3.05) is 0 Å².